The van der Waals surface area contributed by atoms with Crippen molar-refractivity contribution in [2.45, 2.75) is 56.6 Å². The summed E-state index contributed by atoms with van der Waals surface area (Å²) >= 11 is 1.40. The second-order valence-corrected chi connectivity index (χ2v) is 8.13. The third-order valence-corrected chi connectivity index (χ3v) is 5.77. The van der Waals surface area contributed by atoms with Gasteiger partial charge in [-0.25, -0.2) is 0 Å². The van der Waals surface area contributed by atoms with Gasteiger partial charge in [-0.1, -0.05) is 25.8 Å². The van der Waals surface area contributed by atoms with Gasteiger partial charge in [0.15, 0.2) is 0 Å². The van der Waals surface area contributed by atoms with Crippen LogP contribution in [0.2, 0.25) is 0 Å². The first kappa shape index (κ1) is 22.2. The Kier molecular flexibility index (Phi) is 9.21. The Morgan fingerprint density at radius 1 is 0.964 bits per heavy atom. The number of aliphatic carboxylic acids is 1. The van der Waals surface area contributed by atoms with Gasteiger partial charge in [0.2, 0.25) is 0 Å². The van der Waals surface area contributed by atoms with E-state index >= 15 is 0 Å². The molecule has 0 radical (unpaired) electrons. The maximum absolute atomic E-state index is 11.4. The predicted molar refractivity (Wildman–Crippen MR) is 115 cm³/mol. The smallest absolute Gasteiger partial charge is 0.316 e. The number of hydrogen-bond acceptors (Lipinski definition) is 4. The lowest BCUT2D eigenvalue weighted by atomic mass is 10.1. The van der Waals surface area contributed by atoms with E-state index in [4.69, 9.17) is 9.47 Å². The zero-order chi connectivity index (χ0) is 20.4. The van der Waals surface area contributed by atoms with Gasteiger partial charge < -0.3 is 14.6 Å². The molecule has 2 aromatic carbocycles. The molecule has 1 N–H and O–H groups in total. The van der Waals surface area contributed by atoms with Gasteiger partial charge >= 0.3 is 5.97 Å². The van der Waals surface area contributed by atoms with Crippen LogP contribution < -0.4 is 9.47 Å². The van der Waals surface area contributed by atoms with Crippen molar-refractivity contribution >= 4 is 17.7 Å². The van der Waals surface area contributed by atoms with Gasteiger partial charge in [0.25, 0.3) is 0 Å². The minimum absolute atomic E-state index is 0.394. The molecule has 152 valence electrons. The molecule has 0 aliphatic carbocycles. The molecule has 0 bridgehead atoms. The van der Waals surface area contributed by atoms with Crippen molar-refractivity contribution in [3.05, 3.63) is 53.6 Å². The Morgan fingerprint density at radius 2 is 1.61 bits per heavy atom. The molecule has 1 atom stereocenters. The lowest BCUT2D eigenvalue weighted by Gasteiger charge is -2.12. The van der Waals surface area contributed by atoms with Crippen LogP contribution in [0.5, 0.6) is 11.5 Å². The van der Waals surface area contributed by atoms with Crippen molar-refractivity contribution in [1.82, 2.24) is 0 Å². The summed E-state index contributed by atoms with van der Waals surface area (Å²) in [7, 11) is 0. The molecule has 0 fully saturated rings. The molecule has 0 heterocycles. The third-order valence-electron chi connectivity index (χ3n) is 4.50. The van der Waals surface area contributed by atoms with Crippen LogP contribution in [0.25, 0.3) is 0 Å². The van der Waals surface area contributed by atoms with Gasteiger partial charge in [0.05, 0.1) is 13.2 Å². The summed E-state index contributed by atoms with van der Waals surface area (Å²) in [6.45, 7) is 7.42. The molecule has 4 nitrogen and oxygen atoms in total. The van der Waals surface area contributed by atoms with Crippen LogP contribution in [-0.2, 0) is 4.79 Å². The number of thioether (sulfide) groups is 1. The summed E-state index contributed by atoms with van der Waals surface area (Å²) in [5.74, 6) is 0.930. The number of carboxylic acids is 1. The zero-order valence-electron chi connectivity index (χ0n) is 16.9. The number of carbonyl (C=O) groups is 1. The molecule has 0 aromatic heterocycles. The van der Waals surface area contributed by atoms with Crippen LogP contribution in [0.4, 0.5) is 0 Å². The van der Waals surface area contributed by atoms with Crippen molar-refractivity contribution in [3.8, 4) is 11.5 Å². The van der Waals surface area contributed by atoms with E-state index in [0.29, 0.717) is 19.6 Å². The molecule has 1 unspecified atom stereocenters. The number of hydrogen-bond donors (Lipinski definition) is 1. The van der Waals surface area contributed by atoms with Gasteiger partial charge in [-0.3, -0.25) is 4.79 Å². The van der Waals surface area contributed by atoms with Crippen LogP contribution in [-0.4, -0.2) is 29.5 Å². The SMILES string of the molecule is CCCCC(Sc1ccc(OCCCOc2ccc(C)c(C)c2)cc1)C(=O)O. The van der Waals surface area contributed by atoms with E-state index in [1.807, 2.05) is 30.3 Å². The summed E-state index contributed by atoms with van der Waals surface area (Å²) in [5, 5.41) is 8.94. The molecular formula is C23H30O4S. The van der Waals surface area contributed by atoms with E-state index in [1.54, 1.807) is 0 Å². The summed E-state index contributed by atoms with van der Waals surface area (Å²) in [6.07, 6.45) is 3.41. The molecule has 2 rings (SSSR count). The fourth-order valence-corrected chi connectivity index (χ4v) is 3.65. The molecule has 0 saturated carbocycles. The van der Waals surface area contributed by atoms with Gasteiger partial charge in [0, 0.05) is 11.3 Å². The largest absolute Gasteiger partial charge is 0.493 e. The van der Waals surface area contributed by atoms with E-state index in [1.165, 1.54) is 22.9 Å². The van der Waals surface area contributed by atoms with Gasteiger partial charge in [-0.2, -0.15) is 0 Å². The fourth-order valence-electron chi connectivity index (χ4n) is 2.64. The average molecular weight is 403 g/mol. The zero-order valence-corrected chi connectivity index (χ0v) is 17.8. The molecular weight excluding hydrogens is 372 g/mol. The lowest BCUT2D eigenvalue weighted by molar-refractivity contribution is -0.136. The number of unbranched alkanes of at least 4 members (excludes halogenated alkanes) is 1. The molecule has 0 saturated heterocycles. The highest BCUT2D eigenvalue weighted by molar-refractivity contribution is 8.00. The predicted octanol–water partition coefficient (Wildman–Crippen LogP) is 5.89. The first-order valence-corrected chi connectivity index (χ1v) is 10.7. The number of rotatable bonds is 12. The van der Waals surface area contributed by atoms with E-state index in [2.05, 4.69) is 32.9 Å². The third kappa shape index (κ3) is 7.47. The van der Waals surface area contributed by atoms with Crippen molar-refractivity contribution < 1.29 is 19.4 Å². The van der Waals surface area contributed by atoms with E-state index in [0.717, 1.165) is 35.7 Å². The highest BCUT2D eigenvalue weighted by Gasteiger charge is 2.18. The summed E-state index contributed by atoms with van der Waals surface area (Å²) in [6, 6.07) is 13.7. The van der Waals surface area contributed by atoms with Gasteiger partial charge in [-0.05, 0) is 67.8 Å². The summed E-state index contributed by atoms with van der Waals surface area (Å²) < 4.78 is 11.5. The van der Waals surface area contributed by atoms with Crippen molar-refractivity contribution in [2.24, 2.45) is 0 Å². The topological polar surface area (TPSA) is 55.8 Å². The maximum atomic E-state index is 11.4. The van der Waals surface area contributed by atoms with Crippen LogP contribution in [0.3, 0.4) is 0 Å². The van der Waals surface area contributed by atoms with Crippen LogP contribution >= 0.6 is 11.8 Å². The monoisotopic (exact) mass is 402 g/mol. The molecule has 0 amide bonds. The number of ether oxygens (including phenoxy) is 2. The van der Waals surface area contributed by atoms with E-state index in [-0.39, 0.29) is 0 Å². The first-order chi connectivity index (χ1) is 13.5. The minimum Gasteiger partial charge on any atom is -0.493 e. The van der Waals surface area contributed by atoms with E-state index < -0.39 is 11.2 Å². The second-order valence-electron chi connectivity index (χ2n) is 6.85. The van der Waals surface area contributed by atoms with Crippen LogP contribution in [0.1, 0.15) is 43.7 Å². The molecule has 28 heavy (non-hydrogen) atoms. The van der Waals surface area contributed by atoms with Crippen LogP contribution in [0, 0.1) is 13.8 Å². The molecule has 0 aliphatic heterocycles. The average Bonchev–Trinajstić information content (AvgIpc) is 2.68. The maximum Gasteiger partial charge on any atom is 0.316 e. The standard InChI is InChI=1S/C23H30O4S/c1-4-5-7-22(23(24)25)28-21-12-10-19(11-13-21)26-14-6-15-27-20-9-8-17(2)18(3)16-20/h8-13,16,22H,4-7,14-15H2,1-3H3,(H,24,25). The van der Waals surface area contributed by atoms with Gasteiger partial charge in [0.1, 0.15) is 16.7 Å². The number of aryl methyl sites for hydroxylation is 2. The number of carboxylic acid groups (broad SMARTS) is 1. The molecule has 5 heteroatoms. The second kappa shape index (κ2) is 11.6. The Labute approximate surface area is 172 Å². The van der Waals surface area contributed by atoms with E-state index in [9.17, 15) is 9.90 Å². The van der Waals surface area contributed by atoms with Crippen molar-refractivity contribution in [2.75, 3.05) is 13.2 Å². The Morgan fingerprint density at radius 3 is 2.21 bits per heavy atom. The summed E-state index contributed by atoms with van der Waals surface area (Å²) in [5.41, 5.74) is 2.49. The molecule has 2 aromatic rings. The lowest BCUT2D eigenvalue weighted by Crippen LogP contribution is -2.15. The normalized spacial score (nSPS) is 11.8. The highest BCUT2D eigenvalue weighted by Crippen LogP contribution is 2.28. The highest BCUT2D eigenvalue weighted by atomic mass is 32.2. The fraction of sp³-hybridized carbons (Fsp3) is 0.435. The Bertz CT molecular complexity index is 743. The quantitative estimate of drug-likeness (QED) is 0.354. The summed E-state index contributed by atoms with van der Waals surface area (Å²) in [4.78, 5) is 12.3. The first-order valence-electron chi connectivity index (χ1n) is 9.82. The Balaban J connectivity index is 1.71. The molecule has 0 spiro atoms. The van der Waals surface area contributed by atoms with Gasteiger partial charge in [-0.15, -0.1) is 11.8 Å². The molecule has 0 aliphatic rings. The minimum atomic E-state index is -0.748. The van der Waals surface area contributed by atoms with Crippen molar-refractivity contribution in [3.63, 3.8) is 0 Å². The number of benzene rings is 2. The Hall–Kier alpha value is -2.14. The van der Waals surface area contributed by atoms with Crippen LogP contribution in [0.15, 0.2) is 47.4 Å². The van der Waals surface area contributed by atoms with Crippen molar-refractivity contribution in [1.29, 1.82) is 0 Å².